The Morgan fingerprint density at radius 3 is 1.38 bits per heavy atom. The first-order valence-corrected chi connectivity index (χ1v) is 21.7. The fourth-order valence-corrected chi connectivity index (χ4v) is 6.68. The van der Waals surface area contributed by atoms with Crippen molar-refractivity contribution in [1.29, 1.82) is 0 Å². The van der Waals surface area contributed by atoms with Gasteiger partial charge >= 0.3 is 11.9 Å². The molecule has 0 spiro atoms. The molecule has 0 radical (unpaired) electrons. The van der Waals surface area contributed by atoms with E-state index in [0.717, 1.165) is 104 Å². The molecule has 0 N–H and O–H groups in total. The molecule has 308 valence electrons. The highest BCUT2D eigenvalue weighted by molar-refractivity contribution is 6.11. The molecule has 0 aliphatic carbocycles. The van der Waals surface area contributed by atoms with Crippen molar-refractivity contribution in [3.63, 3.8) is 0 Å². The fraction of sp³-hybridized carbons (Fsp3) is 0.660. The molecule has 8 heteroatoms. The zero-order chi connectivity index (χ0) is 39.5. The monoisotopic (exact) mass is 765 g/mol. The van der Waals surface area contributed by atoms with Crippen LogP contribution in [0.25, 0.3) is 21.5 Å². The molecule has 0 fully saturated rings. The Morgan fingerprint density at radius 1 is 0.491 bits per heavy atom. The van der Waals surface area contributed by atoms with E-state index in [0.29, 0.717) is 37.6 Å². The maximum atomic E-state index is 13.0. The summed E-state index contributed by atoms with van der Waals surface area (Å²) in [6, 6.07) is 14.3. The van der Waals surface area contributed by atoms with Crippen LogP contribution in [0.3, 0.4) is 0 Å². The summed E-state index contributed by atoms with van der Waals surface area (Å²) in [6.07, 6.45) is 16.7. The van der Waals surface area contributed by atoms with Gasteiger partial charge in [-0.1, -0.05) is 147 Å². The quantitative estimate of drug-likeness (QED) is 0.0353. The number of unbranched alkanes of at least 4 members (excludes halogenated alkanes) is 12. The highest BCUT2D eigenvalue weighted by Crippen LogP contribution is 2.43. The Labute approximate surface area is 332 Å². The van der Waals surface area contributed by atoms with Gasteiger partial charge < -0.3 is 28.4 Å². The summed E-state index contributed by atoms with van der Waals surface area (Å²) in [5.41, 5.74) is 1.08. The van der Waals surface area contributed by atoms with Gasteiger partial charge in [0.25, 0.3) is 0 Å². The predicted octanol–water partition coefficient (Wildman–Crippen LogP) is 12.0. The summed E-state index contributed by atoms with van der Waals surface area (Å²) in [6.45, 7) is 12.9. The summed E-state index contributed by atoms with van der Waals surface area (Å²) in [4.78, 5) is 25.9. The molecule has 0 amide bonds. The molecular formula is C47H72O8. The first-order chi connectivity index (χ1) is 26.9. The topological polar surface area (TPSA) is 89.5 Å². The molecule has 0 saturated heterocycles. The van der Waals surface area contributed by atoms with Crippen LogP contribution < -0.4 is 9.47 Å². The summed E-state index contributed by atoms with van der Waals surface area (Å²) in [7, 11) is 0. The first kappa shape index (κ1) is 46.0. The predicted molar refractivity (Wildman–Crippen MR) is 224 cm³/mol. The van der Waals surface area contributed by atoms with Crippen molar-refractivity contribution >= 4 is 33.5 Å². The Bertz CT molecular complexity index is 1500. The lowest BCUT2D eigenvalue weighted by atomic mass is 9.99. The maximum Gasteiger partial charge on any atom is 0.306 e. The Morgan fingerprint density at radius 2 is 0.909 bits per heavy atom. The number of aryl methyl sites for hydroxylation is 1. The first-order valence-electron chi connectivity index (χ1n) is 21.7. The van der Waals surface area contributed by atoms with Crippen LogP contribution in [-0.4, -0.2) is 63.8 Å². The van der Waals surface area contributed by atoms with Gasteiger partial charge in [0.2, 0.25) is 0 Å². The Hall–Kier alpha value is -3.36. The molecule has 0 aromatic heterocycles. The van der Waals surface area contributed by atoms with Crippen molar-refractivity contribution < 1.29 is 38.0 Å². The van der Waals surface area contributed by atoms with E-state index in [2.05, 4.69) is 52.8 Å². The maximum absolute atomic E-state index is 13.0. The van der Waals surface area contributed by atoms with E-state index in [1.54, 1.807) is 0 Å². The second kappa shape index (κ2) is 28.1. The summed E-state index contributed by atoms with van der Waals surface area (Å²) in [5.74, 6) is 0.989. The average molecular weight is 765 g/mol. The van der Waals surface area contributed by atoms with Crippen molar-refractivity contribution in [1.82, 2.24) is 0 Å². The third kappa shape index (κ3) is 17.5. The van der Waals surface area contributed by atoms with Crippen LogP contribution in [0.4, 0.5) is 0 Å². The lowest BCUT2D eigenvalue weighted by Gasteiger charge is -2.23. The van der Waals surface area contributed by atoms with Gasteiger partial charge in [-0.25, -0.2) is 0 Å². The molecule has 0 saturated carbocycles. The van der Waals surface area contributed by atoms with Crippen LogP contribution in [0, 0.1) is 6.92 Å². The average Bonchev–Trinajstić information content (AvgIpc) is 3.18. The van der Waals surface area contributed by atoms with Crippen molar-refractivity contribution in [2.75, 3.05) is 39.6 Å². The van der Waals surface area contributed by atoms with Gasteiger partial charge in [0, 0.05) is 47.6 Å². The van der Waals surface area contributed by atoms with E-state index in [9.17, 15) is 9.59 Å². The highest BCUT2D eigenvalue weighted by Gasteiger charge is 2.22. The van der Waals surface area contributed by atoms with E-state index < -0.39 is 12.2 Å². The van der Waals surface area contributed by atoms with Crippen LogP contribution in [0.2, 0.25) is 0 Å². The van der Waals surface area contributed by atoms with Gasteiger partial charge in [0.05, 0.1) is 13.2 Å². The molecular weight excluding hydrogens is 693 g/mol. The normalized spacial score (nSPS) is 12.5. The molecule has 2 unspecified atom stereocenters. The summed E-state index contributed by atoms with van der Waals surface area (Å²) < 4.78 is 37.3. The van der Waals surface area contributed by atoms with E-state index in [1.807, 2.05) is 24.3 Å². The third-order valence-corrected chi connectivity index (χ3v) is 9.86. The SMILES string of the molecule is CCCCCCCC(=O)OC(COCCCCC)COc1c2ccccc2c(OCC(COCCCCC)OC(=O)CCCCCCC)c2cc(C)ccc12. The smallest absolute Gasteiger partial charge is 0.306 e. The number of esters is 2. The number of fused-ring (bicyclic) bond motifs is 2. The number of carbonyl (C=O) groups is 2. The summed E-state index contributed by atoms with van der Waals surface area (Å²) >= 11 is 0. The Balaban J connectivity index is 1.84. The minimum atomic E-state index is -0.543. The van der Waals surface area contributed by atoms with E-state index >= 15 is 0 Å². The second-order valence-corrected chi connectivity index (χ2v) is 15.0. The number of ether oxygens (including phenoxy) is 6. The number of hydrogen-bond acceptors (Lipinski definition) is 8. The van der Waals surface area contributed by atoms with Crippen LogP contribution >= 0.6 is 0 Å². The van der Waals surface area contributed by atoms with Gasteiger partial charge in [-0.3, -0.25) is 9.59 Å². The van der Waals surface area contributed by atoms with Crippen LogP contribution in [0.1, 0.15) is 149 Å². The minimum absolute atomic E-state index is 0.161. The number of rotatable bonds is 32. The molecule has 3 aromatic rings. The molecule has 8 nitrogen and oxygen atoms in total. The van der Waals surface area contributed by atoms with Gasteiger partial charge in [-0.2, -0.15) is 0 Å². The fourth-order valence-electron chi connectivity index (χ4n) is 6.68. The zero-order valence-electron chi connectivity index (χ0n) is 34.9. The molecule has 0 bridgehead atoms. The molecule has 3 rings (SSSR count). The summed E-state index contributed by atoms with van der Waals surface area (Å²) in [5, 5.41) is 3.56. The largest absolute Gasteiger partial charge is 0.488 e. The van der Waals surface area contributed by atoms with Gasteiger partial charge in [0.15, 0.2) is 12.2 Å². The lowest BCUT2D eigenvalue weighted by molar-refractivity contribution is -0.155. The number of hydrogen-bond donors (Lipinski definition) is 0. The number of benzene rings is 3. The van der Waals surface area contributed by atoms with E-state index in [1.165, 1.54) is 25.7 Å². The van der Waals surface area contributed by atoms with E-state index in [4.69, 9.17) is 28.4 Å². The third-order valence-electron chi connectivity index (χ3n) is 9.86. The highest BCUT2D eigenvalue weighted by atomic mass is 16.6. The van der Waals surface area contributed by atoms with Crippen molar-refractivity contribution in [3.05, 3.63) is 48.0 Å². The molecule has 55 heavy (non-hydrogen) atoms. The van der Waals surface area contributed by atoms with Crippen LogP contribution in [-0.2, 0) is 28.5 Å². The van der Waals surface area contributed by atoms with E-state index in [-0.39, 0.29) is 38.4 Å². The number of carbonyl (C=O) groups excluding carboxylic acids is 2. The van der Waals surface area contributed by atoms with Gasteiger partial charge in [-0.15, -0.1) is 0 Å². The molecule has 0 aliphatic rings. The van der Waals surface area contributed by atoms with Crippen molar-refractivity contribution in [2.24, 2.45) is 0 Å². The minimum Gasteiger partial charge on any atom is -0.488 e. The second-order valence-electron chi connectivity index (χ2n) is 15.0. The molecule has 3 aromatic carbocycles. The lowest BCUT2D eigenvalue weighted by Crippen LogP contribution is -2.30. The zero-order valence-corrected chi connectivity index (χ0v) is 34.9. The van der Waals surface area contributed by atoms with Gasteiger partial charge in [0.1, 0.15) is 24.7 Å². The van der Waals surface area contributed by atoms with Crippen LogP contribution in [0.15, 0.2) is 42.5 Å². The van der Waals surface area contributed by atoms with Gasteiger partial charge in [-0.05, 0) is 38.7 Å². The molecule has 0 aliphatic heterocycles. The molecule has 0 heterocycles. The van der Waals surface area contributed by atoms with Crippen molar-refractivity contribution in [2.45, 2.75) is 162 Å². The molecule has 2 atom stereocenters. The van der Waals surface area contributed by atoms with Crippen molar-refractivity contribution in [3.8, 4) is 11.5 Å². The Kier molecular flexibility index (Phi) is 23.5. The van der Waals surface area contributed by atoms with Crippen LogP contribution in [0.5, 0.6) is 11.5 Å². The standard InChI is InChI=1S/C47H72O8/c1-6-10-14-16-18-26-44(48)54-38(33-50-30-22-12-8-3)35-52-46-40-24-20-21-25-41(40)47(43-32-37(5)28-29-42(43)46)53-36-39(34-51-31-23-13-9-4)55-45(49)27-19-17-15-11-7-2/h20-21,24-25,28-29,32,38-39H,6-19,22-23,26-27,30-31,33-36H2,1-5H3.